The molecule has 1 aromatic carbocycles. The number of nitrogens with one attached hydrogen (secondary N) is 1. The Bertz CT molecular complexity index is 303. The summed E-state index contributed by atoms with van der Waals surface area (Å²) in [5.41, 5.74) is 2.76. The van der Waals surface area contributed by atoms with Gasteiger partial charge in [-0.25, -0.2) is 0 Å². The second-order valence-corrected chi connectivity index (χ2v) is 5.00. The van der Waals surface area contributed by atoms with E-state index in [1.165, 1.54) is 17.5 Å². The highest BCUT2D eigenvalue weighted by Gasteiger charge is 2.03. The van der Waals surface area contributed by atoms with Gasteiger partial charge in [-0.15, -0.1) is 0 Å². The molecule has 2 heteroatoms. The summed E-state index contributed by atoms with van der Waals surface area (Å²) < 4.78 is 0. The lowest BCUT2D eigenvalue weighted by molar-refractivity contribution is 0.266. The molecule has 0 fully saturated rings. The second-order valence-electron chi connectivity index (χ2n) is 5.00. The first kappa shape index (κ1) is 14.2. The van der Waals surface area contributed by atoms with Crippen molar-refractivity contribution < 1.29 is 0 Å². The fraction of sp³-hybridized carbons (Fsp3) is 0.600. The van der Waals surface area contributed by atoms with E-state index in [0.717, 1.165) is 19.6 Å². The van der Waals surface area contributed by atoms with Gasteiger partial charge in [0.25, 0.3) is 0 Å². The van der Waals surface area contributed by atoms with Crippen LogP contribution in [-0.4, -0.2) is 24.5 Å². The van der Waals surface area contributed by atoms with Crippen molar-refractivity contribution in [3.8, 4) is 0 Å². The van der Waals surface area contributed by atoms with Gasteiger partial charge in [-0.05, 0) is 45.0 Å². The third-order valence-corrected chi connectivity index (χ3v) is 3.09. The van der Waals surface area contributed by atoms with E-state index in [9.17, 15) is 0 Å². The average molecular weight is 234 g/mol. The summed E-state index contributed by atoms with van der Waals surface area (Å²) in [6.07, 6.45) is 1.19. The first-order valence-corrected chi connectivity index (χ1v) is 6.62. The number of rotatable bonds is 7. The molecule has 96 valence electrons. The van der Waals surface area contributed by atoms with Crippen molar-refractivity contribution in [3.63, 3.8) is 0 Å². The smallest absolute Gasteiger partial charge is 0.0233 e. The third kappa shape index (κ3) is 5.33. The molecule has 0 unspecified atom stereocenters. The van der Waals surface area contributed by atoms with Crippen molar-refractivity contribution in [1.29, 1.82) is 0 Å². The fourth-order valence-corrected chi connectivity index (χ4v) is 1.64. The monoisotopic (exact) mass is 234 g/mol. The number of benzene rings is 1. The zero-order chi connectivity index (χ0) is 12.7. The lowest BCUT2D eigenvalue weighted by Gasteiger charge is -2.21. The molecule has 0 aliphatic heterocycles. The summed E-state index contributed by atoms with van der Waals surface area (Å²) >= 11 is 0. The van der Waals surface area contributed by atoms with Crippen molar-refractivity contribution in [2.75, 3.05) is 13.6 Å². The van der Waals surface area contributed by atoms with E-state index in [1.807, 2.05) is 0 Å². The first-order valence-electron chi connectivity index (χ1n) is 6.62. The van der Waals surface area contributed by atoms with Crippen LogP contribution in [0.15, 0.2) is 24.3 Å². The summed E-state index contributed by atoms with van der Waals surface area (Å²) in [5, 5.41) is 3.42. The first-order chi connectivity index (χ1) is 8.13. The molecule has 1 aromatic rings. The van der Waals surface area contributed by atoms with Gasteiger partial charge >= 0.3 is 0 Å². The van der Waals surface area contributed by atoms with E-state index in [2.05, 4.69) is 62.3 Å². The molecule has 0 radical (unpaired) electrons. The van der Waals surface area contributed by atoms with E-state index < -0.39 is 0 Å². The van der Waals surface area contributed by atoms with Crippen LogP contribution in [0.1, 0.15) is 38.3 Å². The predicted molar refractivity (Wildman–Crippen MR) is 75.0 cm³/mol. The molecule has 0 saturated heterocycles. The molecule has 0 spiro atoms. The van der Waals surface area contributed by atoms with Gasteiger partial charge in [0, 0.05) is 19.1 Å². The Morgan fingerprint density at radius 1 is 1.12 bits per heavy atom. The number of hydrogen-bond donors (Lipinski definition) is 1. The Kier molecular flexibility index (Phi) is 6.23. The maximum Gasteiger partial charge on any atom is 0.0233 e. The molecule has 0 aromatic heterocycles. The van der Waals surface area contributed by atoms with E-state index >= 15 is 0 Å². The maximum absolute atomic E-state index is 3.42. The fourth-order valence-electron chi connectivity index (χ4n) is 1.64. The van der Waals surface area contributed by atoms with E-state index in [4.69, 9.17) is 0 Å². The van der Waals surface area contributed by atoms with Crippen LogP contribution < -0.4 is 5.32 Å². The molecule has 1 N–H and O–H groups in total. The van der Waals surface area contributed by atoms with E-state index in [1.54, 1.807) is 0 Å². The minimum absolute atomic E-state index is 0.598. The van der Waals surface area contributed by atoms with Gasteiger partial charge in [-0.3, -0.25) is 4.90 Å². The summed E-state index contributed by atoms with van der Waals surface area (Å²) in [6, 6.07) is 9.53. The van der Waals surface area contributed by atoms with Crippen LogP contribution in [0, 0.1) is 0 Å². The lowest BCUT2D eigenvalue weighted by atomic mass is 10.1. The van der Waals surface area contributed by atoms with Crippen molar-refractivity contribution in [1.82, 2.24) is 10.2 Å². The Morgan fingerprint density at radius 2 is 1.71 bits per heavy atom. The normalized spacial score (nSPS) is 11.4. The molecule has 2 nitrogen and oxygen atoms in total. The van der Waals surface area contributed by atoms with E-state index in [-0.39, 0.29) is 0 Å². The van der Waals surface area contributed by atoms with Crippen molar-refractivity contribution in [3.05, 3.63) is 35.4 Å². The third-order valence-electron chi connectivity index (χ3n) is 3.09. The van der Waals surface area contributed by atoms with Crippen LogP contribution in [-0.2, 0) is 13.1 Å². The average Bonchev–Trinajstić information content (AvgIpc) is 2.31. The van der Waals surface area contributed by atoms with Gasteiger partial charge < -0.3 is 5.32 Å². The van der Waals surface area contributed by atoms with Crippen LogP contribution >= 0.6 is 0 Å². The molecule has 1 rings (SSSR count). The Balaban J connectivity index is 2.44. The molecule has 0 bridgehead atoms. The van der Waals surface area contributed by atoms with Crippen molar-refractivity contribution >= 4 is 0 Å². The van der Waals surface area contributed by atoms with Gasteiger partial charge in [0.1, 0.15) is 0 Å². The van der Waals surface area contributed by atoms with Crippen LogP contribution in [0.25, 0.3) is 0 Å². The highest BCUT2D eigenvalue weighted by atomic mass is 15.1. The molecule has 0 heterocycles. The molecular formula is C15H26N2. The van der Waals surface area contributed by atoms with Crippen molar-refractivity contribution in [2.24, 2.45) is 0 Å². The van der Waals surface area contributed by atoms with Gasteiger partial charge in [-0.2, -0.15) is 0 Å². The quantitative estimate of drug-likeness (QED) is 0.730. The highest BCUT2D eigenvalue weighted by Crippen LogP contribution is 2.08. The molecule has 0 amide bonds. The largest absolute Gasteiger partial charge is 0.313 e. The van der Waals surface area contributed by atoms with Crippen LogP contribution in [0.2, 0.25) is 0 Å². The van der Waals surface area contributed by atoms with Crippen LogP contribution in [0.3, 0.4) is 0 Å². The standard InChI is InChI=1S/C15H26N2/c1-5-10-16-11-14-6-8-15(9-7-14)12-17(4)13(2)3/h6-9,13,16H,5,10-12H2,1-4H3. The Morgan fingerprint density at radius 3 is 2.24 bits per heavy atom. The predicted octanol–water partition coefficient (Wildman–Crippen LogP) is 3.03. The molecule has 0 aliphatic rings. The SMILES string of the molecule is CCCNCc1ccc(CN(C)C(C)C)cc1. The van der Waals surface area contributed by atoms with Gasteiger partial charge in [0.15, 0.2) is 0 Å². The summed E-state index contributed by atoms with van der Waals surface area (Å²) in [4.78, 5) is 2.35. The number of nitrogens with zero attached hydrogens (tertiary/aromatic N) is 1. The van der Waals surface area contributed by atoms with Crippen molar-refractivity contribution in [2.45, 2.75) is 46.3 Å². The summed E-state index contributed by atoms with van der Waals surface area (Å²) in [5.74, 6) is 0. The highest BCUT2D eigenvalue weighted by molar-refractivity contribution is 5.22. The summed E-state index contributed by atoms with van der Waals surface area (Å²) in [6.45, 7) is 9.75. The van der Waals surface area contributed by atoms with Crippen LogP contribution in [0.5, 0.6) is 0 Å². The van der Waals surface area contributed by atoms with Gasteiger partial charge in [0.05, 0.1) is 0 Å². The molecule has 0 atom stereocenters. The zero-order valence-electron chi connectivity index (χ0n) is 11.7. The van der Waals surface area contributed by atoms with E-state index in [0.29, 0.717) is 6.04 Å². The minimum Gasteiger partial charge on any atom is -0.313 e. The molecule has 0 saturated carbocycles. The maximum atomic E-state index is 3.42. The lowest BCUT2D eigenvalue weighted by Crippen LogP contribution is -2.25. The van der Waals surface area contributed by atoms with Gasteiger partial charge in [-0.1, -0.05) is 31.2 Å². The topological polar surface area (TPSA) is 15.3 Å². The zero-order valence-corrected chi connectivity index (χ0v) is 11.7. The minimum atomic E-state index is 0.598. The Labute approximate surface area is 106 Å². The molecule has 17 heavy (non-hydrogen) atoms. The van der Waals surface area contributed by atoms with Crippen LogP contribution in [0.4, 0.5) is 0 Å². The summed E-state index contributed by atoms with van der Waals surface area (Å²) in [7, 11) is 2.17. The molecular weight excluding hydrogens is 208 g/mol. The second kappa shape index (κ2) is 7.46. The Hall–Kier alpha value is -0.860. The molecule has 0 aliphatic carbocycles. The van der Waals surface area contributed by atoms with Gasteiger partial charge in [0.2, 0.25) is 0 Å². The number of hydrogen-bond acceptors (Lipinski definition) is 2.